The molecule has 18 heavy (non-hydrogen) atoms. The molecule has 92 valence electrons. The summed E-state index contributed by atoms with van der Waals surface area (Å²) in [7, 11) is 1.90. The zero-order valence-electron chi connectivity index (χ0n) is 9.80. The van der Waals surface area contributed by atoms with Crippen LogP contribution in [-0.2, 0) is 7.05 Å². The second-order valence-corrected chi connectivity index (χ2v) is 3.82. The second kappa shape index (κ2) is 5.27. The number of amides is 1. The Hall–Kier alpha value is -2.43. The average molecular weight is 245 g/mol. The van der Waals surface area contributed by atoms with Crippen molar-refractivity contribution in [3.8, 4) is 0 Å². The van der Waals surface area contributed by atoms with Gasteiger partial charge in [-0.1, -0.05) is 0 Å². The third-order valence-corrected chi connectivity index (χ3v) is 2.34. The van der Waals surface area contributed by atoms with Crippen molar-refractivity contribution in [2.75, 3.05) is 0 Å². The number of hydrogen-bond donors (Lipinski definition) is 1. The van der Waals surface area contributed by atoms with Gasteiger partial charge in [0, 0.05) is 30.6 Å². The summed E-state index contributed by atoms with van der Waals surface area (Å²) >= 11 is 0. The molecular formula is C13H12FN3O. The van der Waals surface area contributed by atoms with Gasteiger partial charge in [-0.3, -0.25) is 4.79 Å². The van der Waals surface area contributed by atoms with Crippen molar-refractivity contribution in [1.29, 1.82) is 0 Å². The lowest BCUT2D eigenvalue weighted by Gasteiger charge is -1.98. The topological polar surface area (TPSA) is 46.4 Å². The van der Waals surface area contributed by atoms with Crippen molar-refractivity contribution in [2.24, 2.45) is 12.1 Å². The van der Waals surface area contributed by atoms with Gasteiger partial charge in [-0.05, 0) is 30.3 Å². The first-order valence-electron chi connectivity index (χ1n) is 5.36. The summed E-state index contributed by atoms with van der Waals surface area (Å²) in [4.78, 5) is 11.6. The molecule has 2 aromatic rings. The van der Waals surface area contributed by atoms with Gasteiger partial charge in [-0.2, -0.15) is 5.10 Å². The molecule has 1 aromatic carbocycles. The zero-order valence-corrected chi connectivity index (χ0v) is 9.80. The van der Waals surface area contributed by atoms with Crippen molar-refractivity contribution < 1.29 is 9.18 Å². The number of aryl methyl sites for hydroxylation is 1. The van der Waals surface area contributed by atoms with E-state index in [0.717, 1.165) is 5.56 Å². The maximum Gasteiger partial charge on any atom is 0.271 e. The highest BCUT2D eigenvalue weighted by atomic mass is 19.1. The van der Waals surface area contributed by atoms with E-state index in [9.17, 15) is 9.18 Å². The van der Waals surface area contributed by atoms with E-state index in [2.05, 4.69) is 10.5 Å². The predicted molar refractivity (Wildman–Crippen MR) is 66.9 cm³/mol. The van der Waals surface area contributed by atoms with E-state index in [0.29, 0.717) is 5.56 Å². The van der Waals surface area contributed by atoms with Crippen LogP contribution in [0.15, 0.2) is 47.8 Å². The van der Waals surface area contributed by atoms with Crippen LogP contribution in [0.1, 0.15) is 15.9 Å². The molecule has 0 unspecified atom stereocenters. The molecule has 1 amide bonds. The van der Waals surface area contributed by atoms with Crippen molar-refractivity contribution in [3.05, 3.63) is 59.7 Å². The maximum absolute atomic E-state index is 12.7. The Morgan fingerprint density at radius 3 is 2.67 bits per heavy atom. The Balaban J connectivity index is 1.96. The third kappa shape index (κ3) is 3.04. The molecule has 0 radical (unpaired) electrons. The zero-order chi connectivity index (χ0) is 13.0. The number of nitrogens with one attached hydrogen (secondary N) is 1. The van der Waals surface area contributed by atoms with E-state index in [-0.39, 0.29) is 11.7 Å². The summed E-state index contributed by atoms with van der Waals surface area (Å²) in [6.45, 7) is 0. The molecule has 5 heteroatoms. The van der Waals surface area contributed by atoms with E-state index in [1.165, 1.54) is 24.3 Å². The van der Waals surface area contributed by atoms with Gasteiger partial charge >= 0.3 is 0 Å². The van der Waals surface area contributed by atoms with Gasteiger partial charge in [0.2, 0.25) is 0 Å². The predicted octanol–water partition coefficient (Wildman–Crippen LogP) is 1.93. The van der Waals surface area contributed by atoms with Crippen molar-refractivity contribution >= 4 is 12.1 Å². The number of rotatable bonds is 3. The first kappa shape index (κ1) is 12.0. The number of hydrogen-bond acceptors (Lipinski definition) is 2. The normalized spacial score (nSPS) is 10.8. The highest BCUT2D eigenvalue weighted by Crippen LogP contribution is 2.02. The number of carbonyl (C=O) groups excluding carboxylic acids is 1. The van der Waals surface area contributed by atoms with Gasteiger partial charge in [0.25, 0.3) is 5.91 Å². The molecule has 0 aliphatic rings. The molecule has 0 saturated heterocycles. The Morgan fingerprint density at radius 1 is 1.33 bits per heavy atom. The molecule has 2 rings (SSSR count). The van der Waals surface area contributed by atoms with Crippen LogP contribution in [-0.4, -0.2) is 16.7 Å². The van der Waals surface area contributed by atoms with Gasteiger partial charge in [-0.25, -0.2) is 9.82 Å². The molecule has 1 heterocycles. The molecule has 0 aliphatic heterocycles. The van der Waals surface area contributed by atoms with Gasteiger partial charge in [-0.15, -0.1) is 0 Å². The number of nitrogens with zero attached hydrogens (tertiary/aromatic N) is 2. The van der Waals surface area contributed by atoms with Crippen LogP contribution >= 0.6 is 0 Å². The van der Waals surface area contributed by atoms with Crippen LogP contribution < -0.4 is 5.43 Å². The Labute approximate surface area is 104 Å². The lowest BCUT2D eigenvalue weighted by Crippen LogP contribution is -2.17. The molecule has 0 bridgehead atoms. The van der Waals surface area contributed by atoms with Crippen LogP contribution in [0.2, 0.25) is 0 Å². The first-order valence-corrected chi connectivity index (χ1v) is 5.36. The minimum Gasteiger partial charge on any atom is -0.357 e. The molecule has 0 saturated carbocycles. The van der Waals surface area contributed by atoms with E-state index < -0.39 is 0 Å². The third-order valence-electron chi connectivity index (χ3n) is 2.34. The van der Waals surface area contributed by atoms with Crippen molar-refractivity contribution in [3.63, 3.8) is 0 Å². The van der Waals surface area contributed by atoms with Crippen LogP contribution in [0.25, 0.3) is 0 Å². The fraction of sp³-hybridized carbons (Fsp3) is 0.0769. The number of aromatic nitrogens is 1. The summed E-state index contributed by atoms with van der Waals surface area (Å²) in [6.07, 6.45) is 5.29. The van der Waals surface area contributed by atoms with Crippen molar-refractivity contribution in [2.45, 2.75) is 0 Å². The molecule has 1 aromatic heterocycles. The smallest absolute Gasteiger partial charge is 0.271 e. The molecule has 1 N–H and O–H groups in total. The van der Waals surface area contributed by atoms with Crippen molar-refractivity contribution in [1.82, 2.24) is 9.99 Å². The summed E-state index contributed by atoms with van der Waals surface area (Å²) in [5.74, 6) is -0.749. The summed E-state index contributed by atoms with van der Waals surface area (Å²) in [5.41, 5.74) is 3.62. The molecule has 0 atom stereocenters. The lowest BCUT2D eigenvalue weighted by molar-refractivity contribution is 0.0955. The van der Waals surface area contributed by atoms with E-state index in [1.807, 2.05) is 30.1 Å². The first-order chi connectivity index (χ1) is 8.65. The quantitative estimate of drug-likeness (QED) is 0.651. The molecular weight excluding hydrogens is 233 g/mol. The Kier molecular flexibility index (Phi) is 3.52. The standard InChI is InChI=1S/C13H12FN3O/c1-17-7-6-10(9-17)8-15-16-13(18)11-2-4-12(14)5-3-11/h2-9H,1H3,(H,16,18)/b15-8-. The fourth-order valence-electron chi connectivity index (χ4n) is 1.43. The monoisotopic (exact) mass is 245 g/mol. The van der Waals surface area contributed by atoms with E-state index in [4.69, 9.17) is 0 Å². The van der Waals surface area contributed by atoms with Crippen LogP contribution in [0.5, 0.6) is 0 Å². The van der Waals surface area contributed by atoms with E-state index >= 15 is 0 Å². The number of halogens is 1. The number of benzene rings is 1. The Morgan fingerprint density at radius 2 is 2.06 bits per heavy atom. The minimum atomic E-state index is -0.376. The number of carbonyl (C=O) groups is 1. The molecule has 0 aliphatic carbocycles. The SMILES string of the molecule is Cn1ccc(/C=N\NC(=O)c2ccc(F)cc2)c1. The van der Waals surface area contributed by atoms with Gasteiger partial charge < -0.3 is 4.57 Å². The van der Waals surface area contributed by atoms with Crippen LogP contribution in [0, 0.1) is 5.82 Å². The van der Waals surface area contributed by atoms with Gasteiger partial charge in [0.1, 0.15) is 5.82 Å². The maximum atomic E-state index is 12.7. The van der Waals surface area contributed by atoms with E-state index in [1.54, 1.807) is 6.21 Å². The second-order valence-electron chi connectivity index (χ2n) is 3.82. The molecule has 0 spiro atoms. The highest BCUT2D eigenvalue weighted by molar-refractivity contribution is 5.94. The lowest BCUT2D eigenvalue weighted by atomic mass is 10.2. The molecule has 0 fully saturated rings. The van der Waals surface area contributed by atoms with Crippen LogP contribution in [0.3, 0.4) is 0 Å². The highest BCUT2D eigenvalue weighted by Gasteiger charge is 2.03. The summed E-state index contributed by atoms with van der Waals surface area (Å²) in [6, 6.07) is 7.14. The summed E-state index contributed by atoms with van der Waals surface area (Å²) < 4.78 is 14.5. The Bertz CT molecular complexity index is 572. The fourth-order valence-corrected chi connectivity index (χ4v) is 1.43. The molecule has 4 nitrogen and oxygen atoms in total. The number of hydrazone groups is 1. The minimum absolute atomic E-state index is 0.363. The summed E-state index contributed by atoms with van der Waals surface area (Å²) in [5, 5.41) is 3.82. The average Bonchev–Trinajstić information content (AvgIpc) is 2.76. The van der Waals surface area contributed by atoms with Crippen LogP contribution in [0.4, 0.5) is 4.39 Å². The van der Waals surface area contributed by atoms with Gasteiger partial charge in [0.15, 0.2) is 0 Å². The largest absolute Gasteiger partial charge is 0.357 e. The van der Waals surface area contributed by atoms with Gasteiger partial charge in [0.05, 0.1) is 6.21 Å².